The molecule has 1 aliphatic heterocycles. The minimum Gasteiger partial charge on any atom is -0.508 e. The topological polar surface area (TPSA) is 52.5 Å². The maximum atomic E-state index is 13.0. The van der Waals surface area contributed by atoms with Crippen molar-refractivity contribution in [2.45, 2.75) is 45.5 Å². The third-order valence-corrected chi connectivity index (χ3v) is 5.66. The van der Waals surface area contributed by atoms with E-state index in [1.807, 2.05) is 0 Å². The summed E-state index contributed by atoms with van der Waals surface area (Å²) in [7, 11) is 0. The first kappa shape index (κ1) is 23.8. The van der Waals surface area contributed by atoms with Gasteiger partial charge in [0.1, 0.15) is 11.6 Å². The highest BCUT2D eigenvalue weighted by molar-refractivity contribution is 5.76. The molecule has 0 radical (unpaired) electrons. The van der Waals surface area contributed by atoms with Gasteiger partial charge in [0.15, 0.2) is 0 Å². The van der Waals surface area contributed by atoms with Crippen molar-refractivity contribution in [2.75, 3.05) is 24.5 Å². The van der Waals surface area contributed by atoms with Gasteiger partial charge in [-0.2, -0.15) is 13.2 Å². The number of aromatic nitrogens is 2. The number of aliphatic hydroxyl groups is 1. The molecule has 5 nitrogen and oxygen atoms in total. The van der Waals surface area contributed by atoms with E-state index in [0.29, 0.717) is 31.0 Å². The van der Waals surface area contributed by atoms with Crippen molar-refractivity contribution in [3.05, 3.63) is 66.1 Å². The van der Waals surface area contributed by atoms with Gasteiger partial charge in [-0.15, -0.1) is 0 Å². The molecule has 0 unspecified atom stereocenters. The van der Waals surface area contributed by atoms with E-state index in [9.17, 15) is 18.3 Å². The van der Waals surface area contributed by atoms with Gasteiger partial charge in [0.25, 0.3) is 0 Å². The highest BCUT2D eigenvalue weighted by atomic mass is 19.4. The monoisotopic (exact) mass is 446 g/mol. The van der Waals surface area contributed by atoms with E-state index in [1.165, 1.54) is 12.1 Å². The molecular weight excluding hydrogens is 417 g/mol. The molecule has 0 aliphatic carbocycles. The molecule has 3 rings (SSSR count). The Balaban J connectivity index is 1.78. The van der Waals surface area contributed by atoms with Crippen LogP contribution >= 0.6 is 0 Å². The summed E-state index contributed by atoms with van der Waals surface area (Å²) in [4.78, 5) is 13.3. The second-order valence-electron chi connectivity index (χ2n) is 8.17. The van der Waals surface area contributed by atoms with E-state index in [-0.39, 0.29) is 23.4 Å². The Bertz CT molecular complexity index is 1020. The van der Waals surface area contributed by atoms with Crippen LogP contribution in [-0.2, 0) is 6.18 Å². The molecule has 1 aromatic carbocycles. The predicted octanol–water partition coefficient (Wildman–Crippen LogP) is 5.51. The summed E-state index contributed by atoms with van der Waals surface area (Å²) in [6.07, 6.45) is 3.26. The van der Waals surface area contributed by atoms with Gasteiger partial charge in [0.2, 0.25) is 0 Å². The molecule has 2 atom stereocenters. The van der Waals surface area contributed by atoms with Crippen LogP contribution < -0.4 is 4.90 Å². The van der Waals surface area contributed by atoms with Crippen molar-refractivity contribution in [3.8, 4) is 0 Å². The Morgan fingerprint density at radius 2 is 1.91 bits per heavy atom. The highest BCUT2D eigenvalue weighted by Crippen LogP contribution is 2.31. The van der Waals surface area contributed by atoms with Crippen molar-refractivity contribution < 1.29 is 18.3 Å². The zero-order valence-electron chi connectivity index (χ0n) is 18.6. The van der Waals surface area contributed by atoms with E-state index in [4.69, 9.17) is 0 Å². The quantitative estimate of drug-likeness (QED) is 0.468. The third-order valence-electron chi connectivity index (χ3n) is 5.66. The number of aliphatic hydroxyl groups excluding tert-OH is 1. The summed E-state index contributed by atoms with van der Waals surface area (Å²) >= 11 is 0. The summed E-state index contributed by atoms with van der Waals surface area (Å²) < 4.78 is 38.9. The summed E-state index contributed by atoms with van der Waals surface area (Å²) in [5, 5.41) is 9.85. The number of fused-ring (bicyclic) bond motifs is 1. The largest absolute Gasteiger partial charge is 0.508 e. The number of halogens is 3. The van der Waals surface area contributed by atoms with Gasteiger partial charge in [0.05, 0.1) is 22.8 Å². The first-order chi connectivity index (χ1) is 15.1. The Labute approximate surface area is 186 Å². The van der Waals surface area contributed by atoms with E-state index in [1.54, 1.807) is 12.3 Å². The van der Waals surface area contributed by atoms with Crippen LogP contribution in [0.25, 0.3) is 11.0 Å². The van der Waals surface area contributed by atoms with Crippen LogP contribution in [0.3, 0.4) is 0 Å². The van der Waals surface area contributed by atoms with Crippen LogP contribution in [0.4, 0.5) is 19.0 Å². The molecule has 8 heteroatoms. The van der Waals surface area contributed by atoms with E-state index in [2.05, 4.69) is 53.2 Å². The molecular formula is C24H29F3N4O. The zero-order valence-corrected chi connectivity index (χ0v) is 18.6. The Morgan fingerprint density at radius 3 is 2.50 bits per heavy atom. The maximum Gasteiger partial charge on any atom is 0.416 e. The Kier molecular flexibility index (Phi) is 7.23. The van der Waals surface area contributed by atoms with Crippen molar-refractivity contribution in [2.24, 2.45) is 0 Å². The molecule has 1 fully saturated rings. The van der Waals surface area contributed by atoms with Crippen LogP contribution in [0, 0.1) is 0 Å². The first-order valence-electron chi connectivity index (χ1n) is 10.7. The fraction of sp³-hybridized carbons (Fsp3) is 0.417. The van der Waals surface area contributed by atoms with E-state index < -0.39 is 11.7 Å². The van der Waals surface area contributed by atoms with Crippen LogP contribution in [0.1, 0.15) is 32.8 Å². The number of rotatable bonds is 6. The molecule has 2 heterocycles. The van der Waals surface area contributed by atoms with Crippen molar-refractivity contribution >= 4 is 16.9 Å². The van der Waals surface area contributed by atoms with Crippen molar-refractivity contribution in [1.29, 1.82) is 0 Å². The maximum absolute atomic E-state index is 13.0. The molecule has 1 saturated heterocycles. The fourth-order valence-corrected chi connectivity index (χ4v) is 4.08. The zero-order chi connectivity index (χ0) is 23.5. The van der Waals surface area contributed by atoms with Gasteiger partial charge in [-0.25, -0.2) is 4.98 Å². The second kappa shape index (κ2) is 9.73. The number of piperazine rings is 1. The molecule has 1 N–H and O–H groups in total. The van der Waals surface area contributed by atoms with Crippen LogP contribution in [0.5, 0.6) is 0 Å². The first-order valence-corrected chi connectivity index (χ1v) is 10.7. The summed E-state index contributed by atoms with van der Waals surface area (Å²) in [6, 6.07) is 3.84. The van der Waals surface area contributed by atoms with Gasteiger partial charge in [-0.3, -0.25) is 9.88 Å². The lowest BCUT2D eigenvalue weighted by Crippen LogP contribution is -2.57. The molecule has 1 aliphatic rings. The van der Waals surface area contributed by atoms with Crippen molar-refractivity contribution in [3.63, 3.8) is 0 Å². The standard InChI is InChI=1S/C24H29F3N4O/c1-5-7-18(10-20(32)6-2)15-31-16(3)13-30(14-17(31)4)23-12-28-22-11-19(24(25,26)27)8-9-21(22)29-23/h6-12,16-17,32H,2,5,13-15H2,1,3-4H3/b18-7+,20-10+/t16-,17+. The van der Waals surface area contributed by atoms with Crippen LogP contribution in [0.2, 0.25) is 0 Å². The number of nitrogens with zero attached hydrogens (tertiary/aromatic N) is 4. The smallest absolute Gasteiger partial charge is 0.416 e. The molecule has 0 spiro atoms. The molecule has 0 amide bonds. The molecule has 0 saturated carbocycles. The number of hydrogen-bond acceptors (Lipinski definition) is 5. The average molecular weight is 447 g/mol. The van der Waals surface area contributed by atoms with Crippen molar-refractivity contribution in [1.82, 2.24) is 14.9 Å². The molecule has 2 aromatic rings. The minimum atomic E-state index is -4.40. The summed E-state index contributed by atoms with van der Waals surface area (Å²) in [6.45, 7) is 12.0. The summed E-state index contributed by atoms with van der Waals surface area (Å²) in [5.74, 6) is 0.799. The Morgan fingerprint density at radius 1 is 1.22 bits per heavy atom. The lowest BCUT2D eigenvalue weighted by Gasteiger charge is -2.45. The van der Waals surface area contributed by atoms with Gasteiger partial charge < -0.3 is 10.0 Å². The minimum absolute atomic E-state index is 0.142. The summed E-state index contributed by atoms with van der Waals surface area (Å²) in [5.41, 5.74) is 0.973. The number of allylic oxidation sites excluding steroid dienone is 2. The molecule has 1 aromatic heterocycles. The number of anilines is 1. The van der Waals surface area contributed by atoms with Gasteiger partial charge in [-0.05, 0) is 56.2 Å². The van der Waals surface area contributed by atoms with Crippen LogP contribution in [0.15, 0.2) is 60.5 Å². The molecule has 32 heavy (non-hydrogen) atoms. The van der Waals surface area contributed by atoms with Gasteiger partial charge >= 0.3 is 6.18 Å². The lowest BCUT2D eigenvalue weighted by molar-refractivity contribution is -0.137. The fourth-order valence-electron chi connectivity index (χ4n) is 4.08. The van der Waals surface area contributed by atoms with Gasteiger partial charge in [0, 0.05) is 31.7 Å². The number of hydrogen-bond donors (Lipinski definition) is 1. The van der Waals surface area contributed by atoms with E-state index >= 15 is 0 Å². The number of benzene rings is 1. The molecule has 0 bridgehead atoms. The number of alkyl halides is 3. The molecule has 172 valence electrons. The van der Waals surface area contributed by atoms with Gasteiger partial charge in [-0.1, -0.05) is 19.6 Å². The highest BCUT2D eigenvalue weighted by Gasteiger charge is 2.32. The second-order valence-corrected chi connectivity index (χ2v) is 8.17. The third kappa shape index (κ3) is 5.48. The normalized spacial score (nSPS) is 21.2. The predicted molar refractivity (Wildman–Crippen MR) is 122 cm³/mol. The van der Waals surface area contributed by atoms with E-state index in [0.717, 1.165) is 24.1 Å². The lowest BCUT2D eigenvalue weighted by atomic mass is 10.0. The van der Waals surface area contributed by atoms with Crippen LogP contribution in [-0.4, -0.2) is 51.7 Å². The SMILES string of the molecule is C=C/C(O)=C\C(=C/CC)CN1[C@H](C)CN(c2cnc3cc(C(F)(F)F)ccc3n2)C[C@@H]1C. The average Bonchev–Trinajstić information content (AvgIpc) is 2.74. The Hall–Kier alpha value is -2.87.